The molecule has 2 fully saturated rings. The van der Waals surface area contributed by atoms with Crippen LogP contribution in [0.2, 0.25) is 0 Å². The molecule has 3 atom stereocenters. The molecule has 0 aromatic rings. The summed E-state index contributed by atoms with van der Waals surface area (Å²) in [4.78, 5) is 36.1. The van der Waals surface area contributed by atoms with Crippen molar-refractivity contribution in [3.05, 3.63) is 0 Å². The maximum absolute atomic E-state index is 12.3. The molecule has 2 rings (SSSR count). The molecule has 1 saturated heterocycles. The lowest BCUT2D eigenvalue weighted by Gasteiger charge is -2.44. The number of piperidine rings is 1. The smallest absolute Gasteiger partial charge is 0.326 e. The molecule has 0 bridgehead atoms. The van der Waals surface area contributed by atoms with Gasteiger partial charge in [-0.1, -0.05) is 12.8 Å². The molecule has 3 amide bonds. The number of urea groups is 1. The lowest BCUT2D eigenvalue weighted by atomic mass is 9.78. The molecule has 118 valence electrons. The number of hydrogen-bond donors (Lipinski definition) is 3. The predicted octanol–water partition coefficient (Wildman–Crippen LogP) is 0.679. The van der Waals surface area contributed by atoms with E-state index in [1.54, 1.807) is 4.90 Å². The number of carbonyl (C=O) groups excluding carboxylic acids is 2. The zero-order chi connectivity index (χ0) is 15.4. The number of carboxylic acids is 1. The number of carboxylic acid groups (broad SMARTS) is 1. The normalized spacial score (nSPS) is 26.6. The van der Waals surface area contributed by atoms with E-state index in [9.17, 15) is 14.4 Å². The number of rotatable bonds is 4. The van der Waals surface area contributed by atoms with Crippen molar-refractivity contribution in [2.75, 3.05) is 6.54 Å². The van der Waals surface area contributed by atoms with E-state index < -0.39 is 17.9 Å². The Bertz CT molecular complexity index is 424. The Hall–Kier alpha value is -1.79. The minimum absolute atomic E-state index is 0.204. The van der Waals surface area contributed by atoms with Gasteiger partial charge in [-0.25, -0.2) is 9.59 Å². The summed E-state index contributed by atoms with van der Waals surface area (Å²) in [7, 11) is 0. The van der Waals surface area contributed by atoms with E-state index in [0.717, 1.165) is 32.1 Å². The fourth-order valence-electron chi connectivity index (χ4n) is 3.51. The van der Waals surface area contributed by atoms with E-state index in [0.29, 0.717) is 12.5 Å². The molecule has 1 saturated carbocycles. The first-order chi connectivity index (χ1) is 9.99. The number of primary amides is 1. The number of aliphatic carboxylic acids is 1. The number of fused-ring (bicyclic) bond motifs is 1. The Balaban J connectivity index is 2.00. The average Bonchev–Trinajstić information content (AvgIpc) is 2.45. The van der Waals surface area contributed by atoms with Crippen molar-refractivity contribution < 1.29 is 19.5 Å². The van der Waals surface area contributed by atoms with Gasteiger partial charge < -0.3 is 21.1 Å². The van der Waals surface area contributed by atoms with Crippen LogP contribution >= 0.6 is 0 Å². The maximum atomic E-state index is 12.3. The maximum Gasteiger partial charge on any atom is 0.326 e. The zero-order valence-electron chi connectivity index (χ0n) is 12.1. The van der Waals surface area contributed by atoms with Gasteiger partial charge in [0.25, 0.3) is 0 Å². The topological polar surface area (TPSA) is 113 Å². The van der Waals surface area contributed by atoms with Crippen LogP contribution < -0.4 is 11.1 Å². The molecule has 4 N–H and O–H groups in total. The van der Waals surface area contributed by atoms with Crippen molar-refractivity contribution in [3.63, 3.8) is 0 Å². The lowest BCUT2D eigenvalue weighted by Crippen LogP contribution is -2.56. The van der Waals surface area contributed by atoms with E-state index in [4.69, 9.17) is 10.8 Å². The molecule has 21 heavy (non-hydrogen) atoms. The SMILES string of the molecule is NC(=O)C[C@@H](NC(=O)N1CCCC2CCCCC21)C(=O)O. The fourth-order valence-corrected chi connectivity index (χ4v) is 3.51. The molecular weight excluding hydrogens is 274 g/mol. The van der Waals surface area contributed by atoms with Gasteiger partial charge in [0.2, 0.25) is 5.91 Å². The fraction of sp³-hybridized carbons (Fsp3) is 0.786. The predicted molar refractivity (Wildman–Crippen MR) is 75.5 cm³/mol. The number of nitrogens with zero attached hydrogens (tertiary/aromatic N) is 1. The highest BCUT2D eigenvalue weighted by Crippen LogP contribution is 2.35. The first-order valence-corrected chi connectivity index (χ1v) is 7.57. The molecule has 2 unspecified atom stereocenters. The molecule has 0 aromatic carbocycles. The van der Waals surface area contributed by atoms with Crippen LogP contribution in [0.1, 0.15) is 44.9 Å². The van der Waals surface area contributed by atoms with Crippen LogP contribution in [0.15, 0.2) is 0 Å². The van der Waals surface area contributed by atoms with Crippen molar-refractivity contribution in [2.24, 2.45) is 11.7 Å². The quantitative estimate of drug-likeness (QED) is 0.708. The van der Waals surface area contributed by atoms with Crippen LogP contribution in [-0.4, -0.2) is 46.5 Å². The van der Waals surface area contributed by atoms with Gasteiger partial charge in [-0.15, -0.1) is 0 Å². The van der Waals surface area contributed by atoms with Crippen molar-refractivity contribution >= 4 is 17.9 Å². The Morgan fingerprint density at radius 2 is 1.86 bits per heavy atom. The van der Waals surface area contributed by atoms with E-state index >= 15 is 0 Å². The van der Waals surface area contributed by atoms with Crippen LogP contribution in [0.25, 0.3) is 0 Å². The third kappa shape index (κ3) is 3.86. The molecule has 7 heteroatoms. The first-order valence-electron chi connectivity index (χ1n) is 7.57. The van der Waals surface area contributed by atoms with Crippen LogP contribution in [0.4, 0.5) is 4.79 Å². The Morgan fingerprint density at radius 1 is 1.19 bits per heavy atom. The van der Waals surface area contributed by atoms with Crippen molar-refractivity contribution in [3.8, 4) is 0 Å². The molecule has 0 spiro atoms. The summed E-state index contributed by atoms with van der Waals surface area (Å²) >= 11 is 0. The standard InChI is InChI=1S/C14H23N3O4/c15-12(18)8-10(13(19)20)16-14(21)17-7-3-5-9-4-1-2-6-11(9)17/h9-11H,1-8H2,(H2,15,18)(H,16,21)(H,19,20)/t9?,10-,11?/m1/s1. The van der Waals surface area contributed by atoms with Crippen molar-refractivity contribution in [2.45, 2.75) is 57.0 Å². The van der Waals surface area contributed by atoms with E-state index in [1.165, 1.54) is 6.42 Å². The van der Waals surface area contributed by atoms with Crippen LogP contribution in [0.3, 0.4) is 0 Å². The van der Waals surface area contributed by atoms with Gasteiger partial charge in [-0.3, -0.25) is 4.79 Å². The minimum atomic E-state index is -1.25. The minimum Gasteiger partial charge on any atom is -0.480 e. The van der Waals surface area contributed by atoms with Crippen LogP contribution in [0.5, 0.6) is 0 Å². The van der Waals surface area contributed by atoms with Gasteiger partial charge in [-0.05, 0) is 31.6 Å². The first kappa shape index (κ1) is 15.6. The highest BCUT2D eigenvalue weighted by atomic mass is 16.4. The van der Waals surface area contributed by atoms with Crippen molar-refractivity contribution in [1.29, 1.82) is 0 Å². The van der Waals surface area contributed by atoms with Gasteiger partial charge in [-0.2, -0.15) is 0 Å². The van der Waals surface area contributed by atoms with Gasteiger partial charge in [0.05, 0.1) is 6.42 Å². The van der Waals surface area contributed by atoms with Gasteiger partial charge in [0, 0.05) is 12.6 Å². The third-order valence-corrected chi connectivity index (χ3v) is 4.51. The zero-order valence-corrected chi connectivity index (χ0v) is 12.1. The van der Waals surface area contributed by atoms with Crippen LogP contribution in [-0.2, 0) is 9.59 Å². The number of amides is 3. The number of hydrogen-bond acceptors (Lipinski definition) is 3. The van der Waals surface area contributed by atoms with Gasteiger partial charge in [0.1, 0.15) is 6.04 Å². The Morgan fingerprint density at radius 3 is 2.52 bits per heavy atom. The molecule has 0 aromatic heterocycles. The molecule has 1 heterocycles. The third-order valence-electron chi connectivity index (χ3n) is 4.51. The summed E-state index contributed by atoms with van der Waals surface area (Å²) in [6.45, 7) is 0.649. The Labute approximate surface area is 123 Å². The summed E-state index contributed by atoms with van der Waals surface area (Å²) in [5, 5.41) is 11.5. The Kier molecular flexibility index (Phi) is 5.03. The number of carbonyl (C=O) groups is 3. The van der Waals surface area contributed by atoms with Gasteiger partial charge in [0.15, 0.2) is 0 Å². The molecule has 0 radical (unpaired) electrons. The number of nitrogens with two attached hydrogens (primary N) is 1. The summed E-state index contributed by atoms with van der Waals surface area (Å²) in [6, 6.07) is -1.44. The van der Waals surface area contributed by atoms with Crippen LogP contribution in [0, 0.1) is 5.92 Å². The highest BCUT2D eigenvalue weighted by Gasteiger charge is 2.36. The molecular formula is C14H23N3O4. The summed E-state index contributed by atoms with van der Waals surface area (Å²) in [6.07, 6.45) is 6.12. The second-order valence-electron chi connectivity index (χ2n) is 5.96. The second kappa shape index (κ2) is 6.78. The lowest BCUT2D eigenvalue weighted by molar-refractivity contribution is -0.141. The summed E-state index contributed by atoms with van der Waals surface area (Å²) in [5.41, 5.74) is 5.02. The monoisotopic (exact) mass is 297 g/mol. The van der Waals surface area contributed by atoms with E-state index in [2.05, 4.69) is 5.32 Å². The summed E-state index contributed by atoms with van der Waals surface area (Å²) < 4.78 is 0. The molecule has 1 aliphatic heterocycles. The highest BCUT2D eigenvalue weighted by molar-refractivity contribution is 5.87. The number of likely N-dealkylation sites (tertiary alicyclic amines) is 1. The van der Waals surface area contributed by atoms with Crippen molar-refractivity contribution in [1.82, 2.24) is 10.2 Å². The largest absolute Gasteiger partial charge is 0.480 e. The van der Waals surface area contributed by atoms with E-state index in [1.807, 2.05) is 0 Å². The average molecular weight is 297 g/mol. The molecule has 2 aliphatic rings. The second-order valence-corrected chi connectivity index (χ2v) is 5.96. The summed E-state index contributed by atoms with van der Waals surface area (Å²) in [5.74, 6) is -1.45. The van der Waals surface area contributed by atoms with Gasteiger partial charge >= 0.3 is 12.0 Å². The number of nitrogens with one attached hydrogen (secondary N) is 1. The van der Waals surface area contributed by atoms with E-state index in [-0.39, 0.29) is 18.5 Å². The molecule has 7 nitrogen and oxygen atoms in total. The molecule has 1 aliphatic carbocycles.